The van der Waals surface area contributed by atoms with Gasteiger partial charge in [-0.2, -0.15) is 0 Å². The van der Waals surface area contributed by atoms with E-state index in [0.29, 0.717) is 6.42 Å². The Bertz CT molecular complexity index is 390. The molecule has 0 aliphatic heterocycles. The number of carbonyl (C=O) groups is 1. The molecule has 0 saturated heterocycles. The van der Waals surface area contributed by atoms with Gasteiger partial charge in [0.15, 0.2) is 0 Å². The maximum absolute atomic E-state index is 11.8. The molecule has 3 nitrogen and oxygen atoms in total. The second kappa shape index (κ2) is 10.3. The molecule has 0 unspecified atom stereocenters. The molecule has 0 saturated carbocycles. The topological polar surface area (TPSA) is 38.3 Å². The Morgan fingerprint density at radius 2 is 1.80 bits per heavy atom. The van der Waals surface area contributed by atoms with E-state index < -0.39 is 0 Å². The molecule has 0 aliphatic carbocycles. The number of methoxy groups -OCH3 is 1. The van der Waals surface area contributed by atoms with Gasteiger partial charge in [-0.15, -0.1) is 0 Å². The van der Waals surface area contributed by atoms with Crippen LogP contribution in [0, 0.1) is 0 Å². The van der Waals surface area contributed by atoms with Gasteiger partial charge in [0.1, 0.15) is 5.75 Å². The molecule has 112 valence electrons. The number of carbonyl (C=O) groups excluding carboxylic acids is 1. The first-order valence-electron chi connectivity index (χ1n) is 7.70. The van der Waals surface area contributed by atoms with Crippen molar-refractivity contribution in [3.8, 4) is 5.75 Å². The second-order valence-corrected chi connectivity index (χ2v) is 5.15. The van der Waals surface area contributed by atoms with E-state index in [-0.39, 0.29) is 5.91 Å². The highest BCUT2D eigenvalue weighted by Gasteiger charge is 2.03. The standard InChI is InChI=1S/C17H27NO2/c1-3-4-5-6-7-8-9-13-17(19)18-15-11-10-12-16(14-15)20-2/h10-12,14H,3-9,13H2,1-2H3,(H,18,19). The highest BCUT2D eigenvalue weighted by molar-refractivity contribution is 5.90. The van der Waals surface area contributed by atoms with Crippen molar-refractivity contribution in [3.63, 3.8) is 0 Å². The Morgan fingerprint density at radius 3 is 2.50 bits per heavy atom. The number of unbranched alkanes of at least 4 members (excludes halogenated alkanes) is 6. The first kappa shape index (κ1) is 16.5. The van der Waals surface area contributed by atoms with E-state index in [0.717, 1.165) is 24.3 Å². The van der Waals surface area contributed by atoms with Crippen LogP contribution >= 0.6 is 0 Å². The van der Waals surface area contributed by atoms with Crippen LogP contribution in [0.25, 0.3) is 0 Å². The summed E-state index contributed by atoms with van der Waals surface area (Å²) >= 11 is 0. The first-order valence-corrected chi connectivity index (χ1v) is 7.70. The van der Waals surface area contributed by atoms with E-state index in [1.807, 2.05) is 24.3 Å². The predicted molar refractivity (Wildman–Crippen MR) is 84.2 cm³/mol. The van der Waals surface area contributed by atoms with Gasteiger partial charge in [0.05, 0.1) is 7.11 Å². The first-order chi connectivity index (χ1) is 9.76. The predicted octanol–water partition coefficient (Wildman–Crippen LogP) is 4.77. The summed E-state index contributed by atoms with van der Waals surface area (Å²) in [5, 5.41) is 2.91. The second-order valence-electron chi connectivity index (χ2n) is 5.15. The minimum absolute atomic E-state index is 0.0896. The van der Waals surface area contributed by atoms with Crippen LogP contribution in [0.3, 0.4) is 0 Å². The summed E-state index contributed by atoms with van der Waals surface area (Å²) in [6, 6.07) is 7.46. The fraction of sp³-hybridized carbons (Fsp3) is 0.588. The molecular formula is C17H27NO2. The van der Waals surface area contributed by atoms with Crippen molar-refractivity contribution >= 4 is 11.6 Å². The van der Waals surface area contributed by atoms with Crippen LogP contribution in [-0.2, 0) is 4.79 Å². The van der Waals surface area contributed by atoms with Gasteiger partial charge in [0, 0.05) is 18.2 Å². The summed E-state index contributed by atoms with van der Waals surface area (Å²) in [5.74, 6) is 0.852. The van der Waals surface area contributed by atoms with Crippen molar-refractivity contribution in [1.29, 1.82) is 0 Å². The summed E-state index contributed by atoms with van der Waals surface area (Å²) in [6.45, 7) is 2.23. The lowest BCUT2D eigenvalue weighted by Crippen LogP contribution is -2.11. The van der Waals surface area contributed by atoms with Crippen LogP contribution in [-0.4, -0.2) is 13.0 Å². The molecule has 1 amide bonds. The van der Waals surface area contributed by atoms with Crippen molar-refractivity contribution in [2.75, 3.05) is 12.4 Å². The van der Waals surface area contributed by atoms with Crippen molar-refractivity contribution in [2.45, 2.75) is 58.3 Å². The van der Waals surface area contributed by atoms with Gasteiger partial charge >= 0.3 is 0 Å². The van der Waals surface area contributed by atoms with E-state index in [2.05, 4.69) is 12.2 Å². The molecular weight excluding hydrogens is 250 g/mol. The molecule has 3 heteroatoms. The lowest BCUT2D eigenvalue weighted by Gasteiger charge is -2.07. The molecule has 1 aromatic carbocycles. The molecule has 0 radical (unpaired) electrons. The summed E-state index contributed by atoms with van der Waals surface area (Å²) in [5.41, 5.74) is 0.803. The highest BCUT2D eigenvalue weighted by Crippen LogP contribution is 2.17. The summed E-state index contributed by atoms with van der Waals surface area (Å²) in [6.07, 6.45) is 9.20. The number of ether oxygens (including phenoxy) is 1. The van der Waals surface area contributed by atoms with E-state index in [1.165, 1.54) is 32.1 Å². The largest absolute Gasteiger partial charge is 0.497 e. The average Bonchev–Trinajstić information content (AvgIpc) is 2.46. The summed E-state index contributed by atoms with van der Waals surface area (Å²) in [4.78, 5) is 11.8. The molecule has 0 fully saturated rings. The maximum atomic E-state index is 11.8. The zero-order valence-corrected chi connectivity index (χ0v) is 12.8. The molecule has 0 aliphatic rings. The number of nitrogens with one attached hydrogen (secondary N) is 1. The maximum Gasteiger partial charge on any atom is 0.224 e. The minimum Gasteiger partial charge on any atom is -0.497 e. The van der Waals surface area contributed by atoms with Gasteiger partial charge in [-0.3, -0.25) is 4.79 Å². The Labute approximate surface area is 122 Å². The monoisotopic (exact) mass is 277 g/mol. The highest BCUT2D eigenvalue weighted by atomic mass is 16.5. The van der Waals surface area contributed by atoms with Gasteiger partial charge in [-0.1, -0.05) is 51.5 Å². The van der Waals surface area contributed by atoms with Crippen molar-refractivity contribution in [2.24, 2.45) is 0 Å². The third-order valence-electron chi connectivity index (χ3n) is 3.36. The summed E-state index contributed by atoms with van der Waals surface area (Å²) in [7, 11) is 1.62. The van der Waals surface area contributed by atoms with E-state index in [4.69, 9.17) is 4.74 Å². The molecule has 0 heterocycles. The van der Waals surface area contributed by atoms with Crippen LogP contribution < -0.4 is 10.1 Å². The third-order valence-corrected chi connectivity index (χ3v) is 3.36. The van der Waals surface area contributed by atoms with Gasteiger partial charge < -0.3 is 10.1 Å². The average molecular weight is 277 g/mol. The van der Waals surface area contributed by atoms with Crippen LogP contribution in [0.5, 0.6) is 5.75 Å². The molecule has 20 heavy (non-hydrogen) atoms. The molecule has 0 aromatic heterocycles. The Morgan fingerprint density at radius 1 is 1.10 bits per heavy atom. The Hall–Kier alpha value is -1.51. The number of hydrogen-bond donors (Lipinski definition) is 1. The molecule has 0 bridgehead atoms. The normalized spacial score (nSPS) is 10.3. The van der Waals surface area contributed by atoms with Gasteiger partial charge in [-0.05, 0) is 18.6 Å². The van der Waals surface area contributed by atoms with Crippen molar-refractivity contribution in [1.82, 2.24) is 0 Å². The molecule has 1 aromatic rings. The van der Waals surface area contributed by atoms with Gasteiger partial charge in [0.2, 0.25) is 5.91 Å². The van der Waals surface area contributed by atoms with Gasteiger partial charge in [0.25, 0.3) is 0 Å². The fourth-order valence-electron chi connectivity index (χ4n) is 2.17. The van der Waals surface area contributed by atoms with Crippen LogP contribution in [0.15, 0.2) is 24.3 Å². The zero-order chi connectivity index (χ0) is 14.6. The lowest BCUT2D eigenvalue weighted by atomic mass is 10.1. The van der Waals surface area contributed by atoms with Crippen molar-refractivity contribution in [3.05, 3.63) is 24.3 Å². The zero-order valence-electron chi connectivity index (χ0n) is 12.8. The fourth-order valence-corrected chi connectivity index (χ4v) is 2.17. The van der Waals surface area contributed by atoms with Gasteiger partial charge in [-0.25, -0.2) is 0 Å². The number of amides is 1. The quantitative estimate of drug-likeness (QED) is 0.625. The Balaban J connectivity index is 2.13. The minimum atomic E-state index is 0.0896. The van der Waals surface area contributed by atoms with E-state index in [1.54, 1.807) is 7.11 Å². The number of anilines is 1. The lowest BCUT2D eigenvalue weighted by molar-refractivity contribution is -0.116. The summed E-state index contributed by atoms with van der Waals surface area (Å²) < 4.78 is 5.13. The molecule has 1 N–H and O–H groups in total. The van der Waals surface area contributed by atoms with Crippen molar-refractivity contribution < 1.29 is 9.53 Å². The number of rotatable bonds is 10. The van der Waals surface area contributed by atoms with E-state index in [9.17, 15) is 4.79 Å². The van der Waals surface area contributed by atoms with Crippen LogP contribution in [0.2, 0.25) is 0 Å². The molecule has 0 spiro atoms. The smallest absolute Gasteiger partial charge is 0.224 e. The van der Waals surface area contributed by atoms with E-state index >= 15 is 0 Å². The number of benzene rings is 1. The number of hydrogen-bond acceptors (Lipinski definition) is 2. The van der Waals surface area contributed by atoms with Crippen LogP contribution in [0.1, 0.15) is 58.3 Å². The SMILES string of the molecule is CCCCCCCCCC(=O)Nc1cccc(OC)c1. The Kier molecular flexibility index (Phi) is 8.52. The molecule has 0 atom stereocenters. The molecule has 1 rings (SSSR count). The third kappa shape index (κ3) is 7.17. The van der Waals surface area contributed by atoms with Crippen LogP contribution in [0.4, 0.5) is 5.69 Å².